The summed E-state index contributed by atoms with van der Waals surface area (Å²) in [4.78, 5) is 2.40. The number of hydrogen-bond donors (Lipinski definition) is 0. The predicted molar refractivity (Wildman–Crippen MR) is 257 cm³/mol. The second kappa shape index (κ2) is 14.3. The zero-order chi connectivity index (χ0) is 40.3. The molecule has 3 nitrogen and oxygen atoms in total. The third-order valence-electron chi connectivity index (χ3n) is 12.2. The van der Waals surface area contributed by atoms with Gasteiger partial charge >= 0.3 is 0 Å². The Balaban J connectivity index is 1.05. The molecule has 0 amide bonds. The molecule has 3 heteroatoms. The highest BCUT2D eigenvalue weighted by atomic mass is 16.3. The van der Waals surface area contributed by atoms with E-state index < -0.39 is 0 Å². The Morgan fingerprint density at radius 3 is 1.80 bits per heavy atom. The molecular weight excluding hydrogens is 741 g/mol. The number of aromatic nitrogens is 1. The van der Waals surface area contributed by atoms with Crippen LogP contribution in [0.5, 0.6) is 0 Å². The van der Waals surface area contributed by atoms with Crippen LogP contribution in [0.2, 0.25) is 0 Å². The highest BCUT2D eigenvalue weighted by Crippen LogP contribution is 2.46. The molecule has 12 rings (SSSR count). The lowest BCUT2D eigenvalue weighted by molar-refractivity contribution is 0.669. The number of rotatable bonds is 7. The molecule has 286 valence electrons. The Morgan fingerprint density at radius 2 is 0.967 bits per heavy atom. The van der Waals surface area contributed by atoms with E-state index in [0.29, 0.717) is 0 Å². The Labute approximate surface area is 353 Å². The van der Waals surface area contributed by atoms with Gasteiger partial charge in [-0.1, -0.05) is 158 Å². The van der Waals surface area contributed by atoms with Crippen molar-refractivity contribution in [3.05, 3.63) is 231 Å². The van der Waals surface area contributed by atoms with E-state index >= 15 is 0 Å². The van der Waals surface area contributed by atoms with Gasteiger partial charge in [0.25, 0.3) is 0 Å². The van der Waals surface area contributed by atoms with Crippen molar-refractivity contribution >= 4 is 71.6 Å². The molecular formula is C58H38N2O. The summed E-state index contributed by atoms with van der Waals surface area (Å²) in [6, 6.07) is 83.0. The summed E-state index contributed by atoms with van der Waals surface area (Å²) in [5, 5.41) is 7.07. The Morgan fingerprint density at radius 1 is 0.344 bits per heavy atom. The fourth-order valence-electron chi connectivity index (χ4n) is 9.32. The standard InChI is InChI=1S/C58H38N2O/c1-4-15-39(16-5-1)43-30-33-48(40-17-6-2-7-18-40)55(37-43)59(47-32-34-51-50-21-11-13-26-56(50)61-57(51)38-47)46-31-29-41-35-44(28-27-42(41)36-46)49-23-14-25-54-58(49)52-22-10-12-24-53(52)60(54)45-19-8-3-9-20-45/h1-38H. The largest absolute Gasteiger partial charge is 0.456 e. The van der Waals surface area contributed by atoms with Crippen LogP contribution in [0.1, 0.15) is 0 Å². The Bertz CT molecular complexity index is 3580. The molecule has 61 heavy (non-hydrogen) atoms. The lowest BCUT2D eigenvalue weighted by Crippen LogP contribution is -2.11. The van der Waals surface area contributed by atoms with Gasteiger partial charge in [-0.25, -0.2) is 0 Å². The maximum atomic E-state index is 6.50. The molecule has 0 aliphatic carbocycles. The summed E-state index contributed by atoms with van der Waals surface area (Å²) >= 11 is 0. The summed E-state index contributed by atoms with van der Waals surface area (Å²) in [5.41, 5.74) is 15.5. The minimum Gasteiger partial charge on any atom is -0.456 e. The van der Waals surface area contributed by atoms with Crippen molar-refractivity contribution in [3.63, 3.8) is 0 Å². The van der Waals surface area contributed by atoms with Crippen LogP contribution in [-0.2, 0) is 0 Å². The number of fused-ring (bicyclic) bond motifs is 7. The number of nitrogens with zero attached hydrogens (tertiary/aromatic N) is 2. The average molecular weight is 779 g/mol. The SMILES string of the molecule is c1ccc(-c2ccc(-c3ccccc3)c(N(c3ccc4cc(-c5cccc6c5c5ccccc5n6-c5ccccc5)ccc4c3)c3ccc4c(c3)oc3ccccc34)c2)cc1. The van der Waals surface area contributed by atoms with Crippen LogP contribution in [0, 0.1) is 0 Å². The zero-order valence-electron chi connectivity index (χ0n) is 33.2. The van der Waals surface area contributed by atoms with E-state index in [1.807, 2.05) is 12.1 Å². The predicted octanol–water partition coefficient (Wildman–Crippen LogP) is 16.3. The molecule has 0 saturated carbocycles. The van der Waals surface area contributed by atoms with E-state index in [9.17, 15) is 0 Å². The third kappa shape index (κ3) is 5.90. The first-order valence-corrected chi connectivity index (χ1v) is 20.8. The van der Waals surface area contributed by atoms with Crippen molar-refractivity contribution in [2.45, 2.75) is 0 Å². The van der Waals surface area contributed by atoms with Gasteiger partial charge in [0.15, 0.2) is 0 Å². The van der Waals surface area contributed by atoms with Gasteiger partial charge in [-0.3, -0.25) is 0 Å². The fraction of sp³-hybridized carbons (Fsp3) is 0. The Hall–Kier alpha value is -8.14. The number of para-hydroxylation sites is 3. The van der Waals surface area contributed by atoms with Crippen LogP contribution in [-0.4, -0.2) is 4.57 Å². The third-order valence-corrected chi connectivity index (χ3v) is 12.2. The second-order valence-electron chi connectivity index (χ2n) is 15.7. The van der Waals surface area contributed by atoms with E-state index in [1.165, 1.54) is 43.9 Å². The van der Waals surface area contributed by atoms with Crippen LogP contribution in [0.15, 0.2) is 235 Å². The molecule has 0 radical (unpaired) electrons. The minimum absolute atomic E-state index is 0.859. The highest BCUT2D eigenvalue weighted by Gasteiger charge is 2.21. The topological polar surface area (TPSA) is 21.3 Å². The van der Waals surface area contributed by atoms with Crippen LogP contribution >= 0.6 is 0 Å². The van der Waals surface area contributed by atoms with E-state index in [4.69, 9.17) is 4.42 Å². The van der Waals surface area contributed by atoms with E-state index in [-0.39, 0.29) is 0 Å². The lowest BCUT2D eigenvalue weighted by Gasteiger charge is -2.29. The van der Waals surface area contributed by atoms with E-state index in [1.54, 1.807) is 0 Å². The Kier molecular flexibility index (Phi) is 8.17. The van der Waals surface area contributed by atoms with Crippen molar-refractivity contribution in [1.82, 2.24) is 4.57 Å². The molecule has 12 aromatic rings. The van der Waals surface area contributed by atoms with Crippen molar-refractivity contribution in [2.75, 3.05) is 4.90 Å². The monoisotopic (exact) mass is 778 g/mol. The fourth-order valence-corrected chi connectivity index (χ4v) is 9.32. The highest BCUT2D eigenvalue weighted by molar-refractivity contribution is 6.16. The van der Waals surface area contributed by atoms with Crippen LogP contribution < -0.4 is 4.90 Å². The molecule has 0 fully saturated rings. The summed E-state index contributed by atoms with van der Waals surface area (Å²) in [5.74, 6) is 0. The summed E-state index contributed by atoms with van der Waals surface area (Å²) in [6.07, 6.45) is 0. The number of benzene rings is 10. The molecule has 0 spiro atoms. The van der Waals surface area contributed by atoms with Crippen molar-refractivity contribution in [3.8, 4) is 39.1 Å². The minimum atomic E-state index is 0.859. The second-order valence-corrected chi connectivity index (χ2v) is 15.7. The molecule has 0 N–H and O–H groups in total. The number of hydrogen-bond acceptors (Lipinski definition) is 2. The van der Waals surface area contributed by atoms with Crippen LogP contribution in [0.25, 0.3) is 93.6 Å². The molecule has 0 aliphatic heterocycles. The first-order valence-electron chi connectivity index (χ1n) is 20.8. The van der Waals surface area contributed by atoms with Crippen LogP contribution in [0.4, 0.5) is 17.1 Å². The smallest absolute Gasteiger partial charge is 0.137 e. The number of furan rings is 1. The van der Waals surface area contributed by atoms with E-state index in [0.717, 1.165) is 66.8 Å². The summed E-state index contributed by atoms with van der Waals surface area (Å²) < 4.78 is 8.89. The molecule has 0 aliphatic rings. The van der Waals surface area contributed by atoms with Gasteiger partial charge in [-0.2, -0.15) is 0 Å². The molecule has 0 saturated heterocycles. The maximum Gasteiger partial charge on any atom is 0.137 e. The summed E-state index contributed by atoms with van der Waals surface area (Å²) in [6.45, 7) is 0. The molecule has 0 unspecified atom stereocenters. The quantitative estimate of drug-likeness (QED) is 0.161. The van der Waals surface area contributed by atoms with Crippen LogP contribution in [0.3, 0.4) is 0 Å². The van der Waals surface area contributed by atoms with Gasteiger partial charge in [0.2, 0.25) is 0 Å². The van der Waals surface area contributed by atoms with Gasteiger partial charge < -0.3 is 13.9 Å². The summed E-state index contributed by atoms with van der Waals surface area (Å²) in [7, 11) is 0. The van der Waals surface area contributed by atoms with E-state index in [2.05, 4.69) is 228 Å². The molecule has 10 aromatic carbocycles. The van der Waals surface area contributed by atoms with Gasteiger partial charge in [0.05, 0.1) is 16.7 Å². The van der Waals surface area contributed by atoms with Gasteiger partial charge in [0.1, 0.15) is 11.2 Å². The zero-order valence-corrected chi connectivity index (χ0v) is 33.2. The van der Waals surface area contributed by atoms with Gasteiger partial charge in [0, 0.05) is 50.2 Å². The normalized spacial score (nSPS) is 11.6. The molecule has 0 bridgehead atoms. The van der Waals surface area contributed by atoms with Gasteiger partial charge in [-0.05, 0) is 105 Å². The molecule has 2 heterocycles. The number of anilines is 3. The van der Waals surface area contributed by atoms with Crippen molar-refractivity contribution < 1.29 is 4.42 Å². The molecule has 2 aromatic heterocycles. The van der Waals surface area contributed by atoms with Crippen molar-refractivity contribution in [1.29, 1.82) is 0 Å². The molecule has 0 atom stereocenters. The van der Waals surface area contributed by atoms with Crippen molar-refractivity contribution in [2.24, 2.45) is 0 Å². The average Bonchev–Trinajstić information content (AvgIpc) is 3.88. The maximum absolute atomic E-state index is 6.50. The first-order chi connectivity index (χ1) is 30.2. The van der Waals surface area contributed by atoms with Gasteiger partial charge in [-0.15, -0.1) is 0 Å². The lowest BCUT2D eigenvalue weighted by atomic mass is 9.95. The first kappa shape index (κ1) is 34.9.